The molecular formula is C26H29NO4. The number of nitrogens with zero attached hydrogens (tertiary/aromatic N) is 1. The average molecular weight is 420 g/mol. The smallest absolute Gasteiger partial charge is 0.246 e. The highest BCUT2D eigenvalue weighted by Gasteiger charge is 2.28. The summed E-state index contributed by atoms with van der Waals surface area (Å²) in [6.45, 7) is 6.55. The Morgan fingerprint density at radius 1 is 0.968 bits per heavy atom. The number of fused-ring (bicyclic) bond motifs is 1. The molecule has 1 amide bonds. The number of carbonyl (C=O) groups is 2. The van der Waals surface area contributed by atoms with Crippen LogP contribution in [0.3, 0.4) is 0 Å². The molecule has 5 heteroatoms. The van der Waals surface area contributed by atoms with Crippen molar-refractivity contribution in [3.05, 3.63) is 65.2 Å². The molecule has 0 atom stereocenters. The predicted octanol–water partition coefficient (Wildman–Crippen LogP) is 4.72. The Morgan fingerprint density at radius 2 is 1.65 bits per heavy atom. The van der Waals surface area contributed by atoms with Gasteiger partial charge in [-0.1, -0.05) is 38.1 Å². The minimum absolute atomic E-state index is 0.00170. The first kappa shape index (κ1) is 21.2. The topological polar surface area (TPSA) is 55.8 Å². The van der Waals surface area contributed by atoms with Gasteiger partial charge in [0.1, 0.15) is 13.2 Å². The van der Waals surface area contributed by atoms with Crippen molar-refractivity contribution in [3.63, 3.8) is 0 Å². The molecule has 1 fully saturated rings. The molecule has 2 heterocycles. The van der Waals surface area contributed by atoms with Gasteiger partial charge in [0.15, 0.2) is 17.3 Å². The van der Waals surface area contributed by atoms with Crippen molar-refractivity contribution in [2.75, 3.05) is 26.3 Å². The second kappa shape index (κ2) is 9.38. The van der Waals surface area contributed by atoms with Gasteiger partial charge in [-0.05, 0) is 54.2 Å². The summed E-state index contributed by atoms with van der Waals surface area (Å²) in [5, 5.41) is 0. The molecule has 0 aliphatic carbocycles. The maximum atomic E-state index is 12.9. The molecule has 4 rings (SSSR count). The lowest BCUT2D eigenvalue weighted by Gasteiger charge is -2.30. The fraction of sp³-hybridized carbons (Fsp3) is 0.385. The molecule has 2 aliphatic heterocycles. The second-order valence-corrected chi connectivity index (χ2v) is 8.48. The van der Waals surface area contributed by atoms with E-state index in [0.29, 0.717) is 62.1 Å². The van der Waals surface area contributed by atoms with Crippen LogP contribution in [0.5, 0.6) is 11.5 Å². The van der Waals surface area contributed by atoms with E-state index in [4.69, 9.17) is 9.47 Å². The van der Waals surface area contributed by atoms with Gasteiger partial charge in [0.25, 0.3) is 0 Å². The van der Waals surface area contributed by atoms with Crippen LogP contribution in [0.2, 0.25) is 0 Å². The Morgan fingerprint density at radius 3 is 2.32 bits per heavy atom. The molecule has 2 aromatic rings. The number of likely N-dealkylation sites (tertiary alicyclic amines) is 1. The summed E-state index contributed by atoms with van der Waals surface area (Å²) in [6, 6.07) is 13.7. The molecular weight excluding hydrogens is 390 g/mol. The molecule has 2 aromatic carbocycles. The van der Waals surface area contributed by atoms with Gasteiger partial charge in [-0.3, -0.25) is 9.59 Å². The van der Waals surface area contributed by atoms with Gasteiger partial charge in [0.2, 0.25) is 5.91 Å². The summed E-state index contributed by atoms with van der Waals surface area (Å²) in [4.78, 5) is 27.3. The summed E-state index contributed by atoms with van der Waals surface area (Å²) < 4.78 is 11.1. The van der Waals surface area contributed by atoms with Gasteiger partial charge in [-0.15, -0.1) is 0 Å². The summed E-state index contributed by atoms with van der Waals surface area (Å²) in [5.74, 6) is 1.86. The third-order valence-corrected chi connectivity index (χ3v) is 6.03. The molecule has 0 bridgehead atoms. The molecule has 31 heavy (non-hydrogen) atoms. The van der Waals surface area contributed by atoms with E-state index in [0.717, 1.165) is 5.56 Å². The van der Waals surface area contributed by atoms with Gasteiger partial charge in [0.05, 0.1) is 0 Å². The van der Waals surface area contributed by atoms with Crippen molar-refractivity contribution in [1.82, 2.24) is 4.90 Å². The van der Waals surface area contributed by atoms with Crippen molar-refractivity contribution >= 4 is 17.8 Å². The van der Waals surface area contributed by atoms with Crippen LogP contribution in [0.15, 0.2) is 48.5 Å². The lowest BCUT2D eigenvalue weighted by atomic mass is 9.88. The zero-order valence-corrected chi connectivity index (χ0v) is 18.2. The summed E-state index contributed by atoms with van der Waals surface area (Å²) >= 11 is 0. The Kier molecular flexibility index (Phi) is 6.40. The highest BCUT2D eigenvalue weighted by Crippen LogP contribution is 2.32. The minimum Gasteiger partial charge on any atom is -0.486 e. The highest BCUT2D eigenvalue weighted by molar-refractivity contribution is 5.99. The fourth-order valence-corrected chi connectivity index (χ4v) is 4.06. The van der Waals surface area contributed by atoms with Crippen molar-refractivity contribution < 1.29 is 19.1 Å². The quantitative estimate of drug-likeness (QED) is 0.520. The summed E-state index contributed by atoms with van der Waals surface area (Å²) in [5.41, 5.74) is 2.95. The van der Waals surface area contributed by atoms with E-state index in [1.807, 2.05) is 23.1 Å². The molecule has 162 valence electrons. The maximum Gasteiger partial charge on any atom is 0.246 e. The van der Waals surface area contributed by atoms with Gasteiger partial charge in [-0.2, -0.15) is 0 Å². The van der Waals surface area contributed by atoms with Gasteiger partial charge >= 0.3 is 0 Å². The van der Waals surface area contributed by atoms with Crippen molar-refractivity contribution in [1.29, 1.82) is 0 Å². The van der Waals surface area contributed by atoms with Crippen LogP contribution in [0.1, 0.15) is 54.1 Å². The number of hydrogen-bond acceptors (Lipinski definition) is 4. The maximum absolute atomic E-state index is 12.9. The van der Waals surface area contributed by atoms with Gasteiger partial charge < -0.3 is 14.4 Å². The van der Waals surface area contributed by atoms with Crippen LogP contribution in [0.4, 0.5) is 0 Å². The molecule has 0 radical (unpaired) electrons. The number of Topliss-reactive ketones (excluding diaryl/α,β-unsaturated/α-hetero) is 1. The van der Waals surface area contributed by atoms with Crippen LogP contribution < -0.4 is 9.47 Å². The molecule has 2 aliphatic rings. The van der Waals surface area contributed by atoms with E-state index >= 15 is 0 Å². The molecule has 5 nitrogen and oxygen atoms in total. The zero-order chi connectivity index (χ0) is 21.8. The van der Waals surface area contributed by atoms with Crippen molar-refractivity contribution in [2.45, 2.75) is 32.6 Å². The highest BCUT2D eigenvalue weighted by atomic mass is 16.6. The fourth-order valence-electron chi connectivity index (χ4n) is 4.06. The Hall–Kier alpha value is -3.08. The van der Waals surface area contributed by atoms with Crippen LogP contribution >= 0.6 is 0 Å². The average Bonchev–Trinajstić information content (AvgIpc) is 2.82. The first-order chi connectivity index (χ1) is 15.0. The van der Waals surface area contributed by atoms with Crippen LogP contribution in [0, 0.1) is 5.92 Å². The molecule has 0 N–H and O–H groups in total. The standard InChI is InChI=1S/C26H29NO4/c1-18(2)20-6-3-19(4-7-20)5-10-25(28)27-13-11-21(12-14-27)26(29)22-8-9-23-24(17-22)31-16-15-30-23/h3-10,17-18,21H,11-16H2,1-2H3/b10-5+. The van der Waals surface area contributed by atoms with Crippen molar-refractivity contribution in [2.24, 2.45) is 5.92 Å². The van der Waals surface area contributed by atoms with E-state index in [2.05, 4.69) is 26.0 Å². The lowest BCUT2D eigenvalue weighted by molar-refractivity contribution is -0.127. The molecule has 0 spiro atoms. The third-order valence-electron chi connectivity index (χ3n) is 6.03. The summed E-state index contributed by atoms with van der Waals surface area (Å²) in [7, 11) is 0. The van der Waals surface area contributed by atoms with E-state index < -0.39 is 0 Å². The zero-order valence-electron chi connectivity index (χ0n) is 18.2. The van der Waals surface area contributed by atoms with Gasteiger partial charge in [0, 0.05) is 30.6 Å². The number of amides is 1. The number of benzene rings is 2. The largest absolute Gasteiger partial charge is 0.486 e. The third kappa shape index (κ3) is 4.98. The van der Waals surface area contributed by atoms with E-state index in [-0.39, 0.29) is 17.6 Å². The van der Waals surface area contributed by atoms with Crippen LogP contribution in [-0.2, 0) is 4.79 Å². The van der Waals surface area contributed by atoms with Crippen LogP contribution in [-0.4, -0.2) is 42.9 Å². The molecule has 1 saturated heterocycles. The number of rotatable bonds is 5. The number of ketones is 1. The number of ether oxygens (including phenoxy) is 2. The molecule has 0 saturated carbocycles. The minimum atomic E-state index is -0.0702. The Balaban J connectivity index is 1.31. The first-order valence-corrected chi connectivity index (χ1v) is 11.0. The van der Waals surface area contributed by atoms with Crippen molar-refractivity contribution in [3.8, 4) is 11.5 Å². The monoisotopic (exact) mass is 419 g/mol. The van der Waals surface area contributed by atoms with E-state index in [9.17, 15) is 9.59 Å². The summed E-state index contributed by atoms with van der Waals surface area (Å²) in [6.07, 6.45) is 4.85. The second-order valence-electron chi connectivity index (χ2n) is 8.48. The Bertz CT molecular complexity index is 969. The van der Waals surface area contributed by atoms with E-state index in [1.54, 1.807) is 24.3 Å². The number of piperidine rings is 1. The van der Waals surface area contributed by atoms with E-state index in [1.165, 1.54) is 5.56 Å². The normalized spacial score (nSPS) is 16.7. The molecule has 0 unspecified atom stereocenters. The SMILES string of the molecule is CC(C)c1ccc(/C=C/C(=O)N2CCC(C(=O)c3ccc4c(c3)OCCO4)CC2)cc1. The van der Waals surface area contributed by atoms with Crippen LogP contribution in [0.25, 0.3) is 6.08 Å². The predicted molar refractivity (Wildman–Crippen MR) is 121 cm³/mol. The Labute approximate surface area is 183 Å². The first-order valence-electron chi connectivity index (χ1n) is 11.0. The lowest BCUT2D eigenvalue weighted by Crippen LogP contribution is -2.39. The number of hydrogen-bond donors (Lipinski definition) is 0. The molecule has 0 aromatic heterocycles. The van der Waals surface area contributed by atoms with Gasteiger partial charge in [-0.25, -0.2) is 0 Å². The number of carbonyl (C=O) groups excluding carboxylic acids is 2.